The first-order valence-corrected chi connectivity index (χ1v) is 2.50. The van der Waals surface area contributed by atoms with Crippen LogP contribution in [-0.2, 0) is 11.3 Å². The fraction of sp³-hybridized carbons (Fsp3) is 0. The van der Waals surface area contributed by atoms with Gasteiger partial charge in [0.15, 0.2) is 0 Å². The molecular formula is C2H5N2O2S-. The summed E-state index contributed by atoms with van der Waals surface area (Å²) >= 11 is -2.32. The molecule has 0 saturated carbocycles. The molecule has 7 heavy (non-hydrogen) atoms. The molecule has 0 spiro atoms. The van der Waals surface area contributed by atoms with Crippen molar-refractivity contribution >= 4 is 11.3 Å². The minimum Gasteiger partial charge on any atom is -0.755 e. The Labute approximate surface area is 43.8 Å². The van der Waals surface area contributed by atoms with Gasteiger partial charge in [-0.3, -0.25) is 4.21 Å². The Morgan fingerprint density at radius 1 is 2.00 bits per heavy atom. The van der Waals surface area contributed by atoms with Crippen molar-refractivity contribution < 1.29 is 8.76 Å². The van der Waals surface area contributed by atoms with Crippen LogP contribution >= 0.6 is 0 Å². The lowest BCUT2D eigenvalue weighted by molar-refractivity contribution is 0.529. The van der Waals surface area contributed by atoms with E-state index in [1.54, 1.807) is 4.72 Å². The molecule has 0 aliphatic rings. The van der Waals surface area contributed by atoms with Crippen LogP contribution in [0.2, 0.25) is 0 Å². The van der Waals surface area contributed by atoms with Crippen LogP contribution in [0, 0.1) is 0 Å². The SMILES string of the molecule is C=C(N)NS(=O)[O-]. The van der Waals surface area contributed by atoms with Gasteiger partial charge < -0.3 is 15.0 Å². The van der Waals surface area contributed by atoms with E-state index in [-0.39, 0.29) is 5.82 Å². The first-order valence-electron chi connectivity index (χ1n) is 1.43. The van der Waals surface area contributed by atoms with Crippen LogP contribution in [-0.4, -0.2) is 8.76 Å². The van der Waals surface area contributed by atoms with E-state index in [2.05, 4.69) is 6.58 Å². The first kappa shape index (κ1) is 6.45. The molecule has 0 aromatic carbocycles. The maximum atomic E-state index is 9.56. The molecule has 42 valence electrons. The third-order valence-electron chi connectivity index (χ3n) is 0.214. The summed E-state index contributed by atoms with van der Waals surface area (Å²) in [7, 11) is 0. The van der Waals surface area contributed by atoms with Gasteiger partial charge in [-0.05, 0) is 0 Å². The number of rotatable bonds is 2. The van der Waals surface area contributed by atoms with Crippen LogP contribution in [0.4, 0.5) is 0 Å². The summed E-state index contributed by atoms with van der Waals surface area (Å²) in [5.74, 6) is -0.0756. The predicted molar refractivity (Wildman–Crippen MR) is 25.4 cm³/mol. The summed E-state index contributed by atoms with van der Waals surface area (Å²) < 4.78 is 20.9. The maximum Gasteiger partial charge on any atom is 0.0996 e. The van der Waals surface area contributed by atoms with Crippen LogP contribution in [0.25, 0.3) is 0 Å². The normalized spacial score (nSPS) is 12.7. The third-order valence-corrected chi connectivity index (χ3v) is 0.643. The van der Waals surface area contributed by atoms with Crippen LogP contribution in [0.15, 0.2) is 12.4 Å². The Morgan fingerprint density at radius 3 is 2.43 bits per heavy atom. The second-order valence-electron chi connectivity index (χ2n) is 0.862. The van der Waals surface area contributed by atoms with Crippen molar-refractivity contribution in [1.82, 2.24) is 4.72 Å². The Bertz CT molecular complexity index is 89.9. The van der Waals surface area contributed by atoms with Crippen molar-refractivity contribution in [2.75, 3.05) is 0 Å². The monoisotopic (exact) mass is 121 g/mol. The van der Waals surface area contributed by atoms with Gasteiger partial charge in [0.1, 0.15) is 0 Å². The van der Waals surface area contributed by atoms with Gasteiger partial charge in [0.2, 0.25) is 0 Å². The molecule has 0 fully saturated rings. The predicted octanol–water partition coefficient (Wildman–Crippen LogP) is -1.20. The standard InChI is InChI=1S/C2H6N2O2S/c1-2(3)4-7(5)6/h4H,1,3H2,(H,5,6)/p-1. The molecule has 0 rings (SSSR count). The van der Waals surface area contributed by atoms with Crippen LogP contribution in [0.1, 0.15) is 0 Å². The van der Waals surface area contributed by atoms with Gasteiger partial charge in [0.25, 0.3) is 0 Å². The third kappa shape index (κ3) is 5.45. The molecule has 0 amide bonds. The lowest BCUT2D eigenvalue weighted by atomic mass is 10.9. The molecule has 5 heteroatoms. The van der Waals surface area contributed by atoms with Crippen molar-refractivity contribution in [2.45, 2.75) is 0 Å². The van der Waals surface area contributed by atoms with Crippen molar-refractivity contribution in [3.63, 3.8) is 0 Å². The molecule has 3 N–H and O–H groups in total. The number of nitrogens with one attached hydrogen (secondary N) is 1. The van der Waals surface area contributed by atoms with E-state index in [1.165, 1.54) is 0 Å². The van der Waals surface area contributed by atoms with Gasteiger partial charge in [0.05, 0.1) is 5.82 Å². The summed E-state index contributed by atoms with van der Waals surface area (Å²) in [5, 5.41) is 0. The highest BCUT2D eigenvalue weighted by molar-refractivity contribution is 7.77. The van der Waals surface area contributed by atoms with E-state index in [9.17, 15) is 8.76 Å². The van der Waals surface area contributed by atoms with Crippen molar-refractivity contribution in [1.29, 1.82) is 0 Å². The second-order valence-corrected chi connectivity index (χ2v) is 1.54. The highest BCUT2D eigenvalue weighted by Crippen LogP contribution is 1.66. The van der Waals surface area contributed by atoms with Gasteiger partial charge in [-0.25, -0.2) is 0 Å². The fourth-order valence-corrected chi connectivity index (χ4v) is 0.321. The van der Waals surface area contributed by atoms with Gasteiger partial charge >= 0.3 is 0 Å². The zero-order valence-corrected chi connectivity index (χ0v) is 4.33. The van der Waals surface area contributed by atoms with Crippen LogP contribution < -0.4 is 10.5 Å². The Morgan fingerprint density at radius 2 is 2.43 bits per heavy atom. The van der Waals surface area contributed by atoms with E-state index >= 15 is 0 Å². The molecule has 0 aliphatic carbocycles. The number of hydrogen-bond donors (Lipinski definition) is 2. The summed E-state index contributed by atoms with van der Waals surface area (Å²) in [5.41, 5.74) is 4.79. The van der Waals surface area contributed by atoms with E-state index in [0.29, 0.717) is 0 Å². The largest absolute Gasteiger partial charge is 0.755 e. The molecule has 1 atom stereocenters. The summed E-state index contributed by atoms with van der Waals surface area (Å²) in [4.78, 5) is 0. The summed E-state index contributed by atoms with van der Waals surface area (Å²) in [6.07, 6.45) is 0. The minimum atomic E-state index is -2.32. The summed E-state index contributed by atoms with van der Waals surface area (Å²) in [6, 6.07) is 0. The minimum absolute atomic E-state index is 0.0756. The average molecular weight is 121 g/mol. The van der Waals surface area contributed by atoms with Crippen molar-refractivity contribution in [2.24, 2.45) is 5.73 Å². The van der Waals surface area contributed by atoms with E-state index in [0.717, 1.165) is 0 Å². The molecular weight excluding hydrogens is 116 g/mol. The summed E-state index contributed by atoms with van der Waals surface area (Å²) in [6.45, 7) is 3.07. The molecule has 0 aliphatic heterocycles. The second kappa shape index (κ2) is 2.59. The number of hydrogen-bond acceptors (Lipinski definition) is 3. The lowest BCUT2D eigenvalue weighted by Crippen LogP contribution is -2.20. The van der Waals surface area contributed by atoms with Crippen molar-refractivity contribution in [3.8, 4) is 0 Å². The maximum absolute atomic E-state index is 9.56. The molecule has 0 bridgehead atoms. The highest BCUT2D eigenvalue weighted by Gasteiger charge is 1.75. The smallest absolute Gasteiger partial charge is 0.0996 e. The van der Waals surface area contributed by atoms with Gasteiger partial charge in [-0.15, -0.1) is 0 Å². The topological polar surface area (TPSA) is 78.2 Å². The fourth-order valence-electron chi connectivity index (χ4n) is 0.107. The average Bonchev–Trinajstić information content (AvgIpc) is 1.27. The Balaban J connectivity index is 3.32. The molecule has 1 unspecified atom stereocenters. The zero-order chi connectivity index (χ0) is 5.86. The first-order chi connectivity index (χ1) is 3.13. The van der Waals surface area contributed by atoms with Gasteiger partial charge in [-0.1, -0.05) is 6.58 Å². The van der Waals surface area contributed by atoms with Crippen LogP contribution in [0.5, 0.6) is 0 Å². The van der Waals surface area contributed by atoms with Crippen molar-refractivity contribution in [3.05, 3.63) is 12.4 Å². The number of nitrogens with two attached hydrogens (primary N) is 1. The molecule has 0 aromatic rings. The molecule has 4 nitrogen and oxygen atoms in total. The Kier molecular flexibility index (Phi) is 2.39. The highest BCUT2D eigenvalue weighted by atomic mass is 32.2. The molecule has 0 heterocycles. The van der Waals surface area contributed by atoms with Crippen LogP contribution in [0.3, 0.4) is 0 Å². The molecule has 0 aromatic heterocycles. The molecule has 0 saturated heterocycles. The lowest BCUT2D eigenvalue weighted by Gasteiger charge is -2.04. The Hall–Kier alpha value is -0.550. The quantitative estimate of drug-likeness (QED) is 0.450. The van der Waals surface area contributed by atoms with E-state index in [4.69, 9.17) is 5.73 Å². The van der Waals surface area contributed by atoms with E-state index in [1.807, 2.05) is 0 Å². The molecule has 0 radical (unpaired) electrons. The van der Waals surface area contributed by atoms with E-state index < -0.39 is 11.3 Å². The van der Waals surface area contributed by atoms with Gasteiger partial charge in [0, 0.05) is 11.3 Å². The zero-order valence-electron chi connectivity index (χ0n) is 3.51. The van der Waals surface area contributed by atoms with Gasteiger partial charge in [-0.2, -0.15) is 0 Å².